The van der Waals surface area contributed by atoms with E-state index in [2.05, 4.69) is 5.32 Å². The fraction of sp³-hybridized carbons (Fsp3) is 0.316. The minimum atomic E-state index is -3.32. The van der Waals surface area contributed by atoms with Gasteiger partial charge in [-0.05, 0) is 55.7 Å². The molecule has 1 N–H and O–H groups in total. The second-order valence-corrected chi connectivity index (χ2v) is 8.77. The molecule has 0 unspecified atom stereocenters. The van der Waals surface area contributed by atoms with Gasteiger partial charge in [-0.2, -0.15) is 0 Å². The summed E-state index contributed by atoms with van der Waals surface area (Å²) in [5, 5.41) is 14.2. The molecule has 0 atom stereocenters. The summed E-state index contributed by atoms with van der Waals surface area (Å²) < 4.78 is 23.0. The predicted octanol–water partition coefficient (Wildman–Crippen LogP) is 3.24. The number of carbonyl (C=O) groups excluding carboxylic acids is 1. The molecule has 0 radical (unpaired) electrons. The van der Waals surface area contributed by atoms with Crippen molar-refractivity contribution >= 4 is 32.8 Å². The summed E-state index contributed by atoms with van der Waals surface area (Å²) in [6.45, 7) is 1.53. The summed E-state index contributed by atoms with van der Waals surface area (Å²) in [4.78, 5) is 25.7. The Labute approximate surface area is 163 Å². The van der Waals surface area contributed by atoms with Crippen LogP contribution in [0.25, 0.3) is 0 Å². The molecule has 148 valence electrons. The van der Waals surface area contributed by atoms with E-state index >= 15 is 0 Å². The summed E-state index contributed by atoms with van der Waals surface area (Å²) in [5.41, 5.74) is 1.00. The molecule has 9 heteroatoms. The zero-order valence-electron chi connectivity index (χ0n) is 15.4. The van der Waals surface area contributed by atoms with Crippen molar-refractivity contribution in [2.75, 3.05) is 29.6 Å². The van der Waals surface area contributed by atoms with Crippen LogP contribution in [-0.4, -0.2) is 38.6 Å². The van der Waals surface area contributed by atoms with Crippen molar-refractivity contribution in [3.8, 4) is 0 Å². The molecule has 8 nitrogen and oxygen atoms in total. The molecular formula is C19H21N3O5S. The Morgan fingerprint density at radius 1 is 1.07 bits per heavy atom. The van der Waals surface area contributed by atoms with E-state index in [-0.39, 0.29) is 16.1 Å². The van der Waals surface area contributed by atoms with Gasteiger partial charge in [0, 0.05) is 36.7 Å². The van der Waals surface area contributed by atoms with Crippen molar-refractivity contribution in [2.45, 2.75) is 24.2 Å². The van der Waals surface area contributed by atoms with Crippen LogP contribution < -0.4 is 10.2 Å². The number of anilines is 2. The van der Waals surface area contributed by atoms with Crippen LogP contribution in [0, 0.1) is 10.1 Å². The molecule has 2 aromatic rings. The number of sulfone groups is 1. The lowest BCUT2D eigenvalue weighted by Crippen LogP contribution is -2.30. The fourth-order valence-electron chi connectivity index (χ4n) is 3.20. The SMILES string of the molecule is CS(=O)(=O)c1ccc(NC(=O)c2ccc(N3CCCCC3)c([N+](=O)[O-])c2)cc1. The van der Waals surface area contributed by atoms with Gasteiger partial charge in [0.05, 0.1) is 9.82 Å². The number of piperidine rings is 1. The summed E-state index contributed by atoms with van der Waals surface area (Å²) in [6.07, 6.45) is 4.19. The normalized spacial score (nSPS) is 14.5. The van der Waals surface area contributed by atoms with Crippen molar-refractivity contribution in [1.82, 2.24) is 0 Å². The third kappa shape index (κ3) is 4.48. The zero-order chi connectivity index (χ0) is 20.3. The van der Waals surface area contributed by atoms with Gasteiger partial charge in [-0.25, -0.2) is 8.42 Å². The van der Waals surface area contributed by atoms with Crippen LogP contribution in [0.4, 0.5) is 17.1 Å². The first kappa shape index (κ1) is 19.8. The molecule has 0 spiro atoms. The first-order chi connectivity index (χ1) is 13.3. The number of nitrogens with zero attached hydrogens (tertiary/aromatic N) is 2. The third-order valence-corrected chi connectivity index (χ3v) is 5.80. The van der Waals surface area contributed by atoms with Gasteiger partial charge in [0.25, 0.3) is 11.6 Å². The maximum atomic E-state index is 12.5. The van der Waals surface area contributed by atoms with Crippen LogP contribution in [0.2, 0.25) is 0 Å². The Morgan fingerprint density at radius 3 is 2.29 bits per heavy atom. The number of rotatable bonds is 5. The molecule has 0 aromatic heterocycles. The van der Waals surface area contributed by atoms with Crippen LogP contribution in [0.15, 0.2) is 47.4 Å². The number of nitrogens with one attached hydrogen (secondary N) is 1. The lowest BCUT2D eigenvalue weighted by molar-refractivity contribution is -0.384. The highest BCUT2D eigenvalue weighted by atomic mass is 32.2. The topological polar surface area (TPSA) is 110 Å². The Bertz CT molecular complexity index is 997. The lowest BCUT2D eigenvalue weighted by Gasteiger charge is -2.28. The molecule has 0 saturated carbocycles. The number of benzene rings is 2. The van der Waals surface area contributed by atoms with Crippen molar-refractivity contribution < 1.29 is 18.1 Å². The molecule has 2 aromatic carbocycles. The zero-order valence-corrected chi connectivity index (χ0v) is 16.2. The molecule has 3 rings (SSSR count). The number of hydrogen-bond acceptors (Lipinski definition) is 6. The van der Waals surface area contributed by atoms with Crippen LogP contribution >= 0.6 is 0 Å². The number of hydrogen-bond donors (Lipinski definition) is 1. The summed E-state index contributed by atoms with van der Waals surface area (Å²) >= 11 is 0. The molecule has 1 saturated heterocycles. The van der Waals surface area contributed by atoms with Crippen LogP contribution in [0.3, 0.4) is 0 Å². The molecule has 1 heterocycles. The molecule has 1 fully saturated rings. The van der Waals surface area contributed by atoms with Crippen LogP contribution in [-0.2, 0) is 9.84 Å². The maximum absolute atomic E-state index is 12.5. The molecule has 0 aliphatic carbocycles. The number of nitro groups is 1. The summed E-state index contributed by atoms with van der Waals surface area (Å²) in [6, 6.07) is 10.2. The quantitative estimate of drug-likeness (QED) is 0.606. The van der Waals surface area contributed by atoms with Crippen molar-refractivity contribution in [1.29, 1.82) is 0 Å². The van der Waals surface area contributed by atoms with E-state index in [0.717, 1.165) is 38.6 Å². The van der Waals surface area contributed by atoms with E-state index in [1.54, 1.807) is 12.1 Å². The minimum absolute atomic E-state index is 0.0954. The highest BCUT2D eigenvalue weighted by molar-refractivity contribution is 7.90. The van der Waals surface area contributed by atoms with Gasteiger partial charge in [0.15, 0.2) is 9.84 Å². The highest BCUT2D eigenvalue weighted by Crippen LogP contribution is 2.31. The first-order valence-corrected chi connectivity index (χ1v) is 10.8. The van der Waals surface area contributed by atoms with Crippen molar-refractivity contribution in [3.63, 3.8) is 0 Å². The van der Waals surface area contributed by atoms with E-state index in [0.29, 0.717) is 11.4 Å². The van der Waals surface area contributed by atoms with Gasteiger partial charge in [0.1, 0.15) is 5.69 Å². The standard InChI is InChI=1S/C19H21N3O5S/c1-28(26,27)16-8-6-15(7-9-16)20-19(23)14-5-10-17(18(13-14)22(24)25)21-11-3-2-4-12-21/h5-10,13H,2-4,11-12H2,1H3,(H,20,23). The van der Waals surface area contributed by atoms with E-state index in [1.807, 2.05) is 4.90 Å². The second kappa shape index (κ2) is 7.97. The molecule has 1 amide bonds. The monoisotopic (exact) mass is 403 g/mol. The van der Waals surface area contributed by atoms with Gasteiger partial charge in [0.2, 0.25) is 0 Å². The van der Waals surface area contributed by atoms with Gasteiger partial charge in [-0.3, -0.25) is 14.9 Å². The third-order valence-electron chi connectivity index (χ3n) is 4.67. The first-order valence-electron chi connectivity index (χ1n) is 8.90. The molecule has 0 bridgehead atoms. The van der Waals surface area contributed by atoms with Gasteiger partial charge in [-0.15, -0.1) is 0 Å². The van der Waals surface area contributed by atoms with Crippen molar-refractivity contribution in [2.24, 2.45) is 0 Å². The largest absolute Gasteiger partial charge is 0.366 e. The number of nitro benzene ring substituents is 1. The molecule has 1 aliphatic rings. The lowest BCUT2D eigenvalue weighted by atomic mass is 10.1. The van der Waals surface area contributed by atoms with Crippen LogP contribution in [0.5, 0.6) is 0 Å². The molecule has 28 heavy (non-hydrogen) atoms. The Kier molecular flexibility index (Phi) is 5.64. The van der Waals surface area contributed by atoms with E-state index in [9.17, 15) is 23.3 Å². The minimum Gasteiger partial charge on any atom is -0.366 e. The summed E-state index contributed by atoms with van der Waals surface area (Å²) in [5.74, 6) is -0.500. The fourth-order valence-corrected chi connectivity index (χ4v) is 3.83. The molecular weight excluding hydrogens is 382 g/mol. The van der Waals surface area contributed by atoms with E-state index < -0.39 is 20.7 Å². The number of amides is 1. The predicted molar refractivity (Wildman–Crippen MR) is 107 cm³/mol. The average Bonchev–Trinajstić information content (AvgIpc) is 2.68. The second-order valence-electron chi connectivity index (χ2n) is 6.76. The van der Waals surface area contributed by atoms with Crippen LogP contribution in [0.1, 0.15) is 29.6 Å². The Hall–Kier alpha value is -2.94. The van der Waals surface area contributed by atoms with E-state index in [1.165, 1.54) is 30.3 Å². The Morgan fingerprint density at radius 2 is 1.71 bits per heavy atom. The van der Waals surface area contributed by atoms with Crippen molar-refractivity contribution in [3.05, 3.63) is 58.1 Å². The Balaban J connectivity index is 1.81. The van der Waals surface area contributed by atoms with Gasteiger partial charge < -0.3 is 10.2 Å². The number of carbonyl (C=O) groups is 1. The van der Waals surface area contributed by atoms with Gasteiger partial charge in [-0.1, -0.05) is 0 Å². The highest BCUT2D eigenvalue weighted by Gasteiger charge is 2.23. The van der Waals surface area contributed by atoms with E-state index in [4.69, 9.17) is 0 Å². The maximum Gasteiger partial charge on any atom is 0.293 e. The smallest absolute Gasteiger partial charge is 0.293 e. The average molecular weight is 403 g/mol. The summed E-state index contributed by atoms with van der Waals surface area (Å²) in [7, 11) is -3.32. The molecule has 1 aliphatic heterocycles. The van der Waals surface area contributed by atoms with Gasteiger partial charge >= 0.3 is 0 Å².